The van der Waals surface area contributed by atoms with E-state index >= 15 is 0 Å². The molecule has 0 aromatic heterocycles. The predicted molar refractivity (Wildman–Crippen MR) is 94.5 cm³/mol. The Bertz CT molecular complexity index is 506. The molecule has 0 rings (SSSR count). The van der Waals surface area contributed by atoms with Crippen molar-refractivity contribution in [1.82, 2.24) is 5.32 Å². The maximum absolute atomic E-state index is 11.9. The minimum Gasteiger partial charge on any atom is -0.538 e. The normalized spacial score (nSPS) is 14.1. The van der Waals surface area contributed by atoms with Gasteiger partial charge in [0.1, 0.15) is 21.5 Å². The minimum atomic E-state index is -3.16. The number of sulfone groups is 1. The zero-order chi connectivity index (χ0) is 17.8. The number of rotatable bonds is 6. The monoisotopic (exact) mass is 369 g/mol. The molecule has 130 valence electrons. The largest absolute Gasteiger partial charge is 0.538 e. The van der Waals surface area contributed by atoms with Crippen molar-refractivity contribution in [3.8, 4) is 0 Å². The first-order chi connectivity index (χ1) is 9.59. The maximum atomic E-state index is 11.9. The van der Waals surface area contributed by atoms with Gasteiger partial charge in [-0.05, 0) is 59.1 Å². The highest BCUT2D eigenvalue weighted by molar-refractivity contribution is 7.90. The summed E-state index contributed by atoms with van der Waals surface area (Å²) in [5.74, 6) is -0.0946. The van der Waals surface area contributed by atoms with Crippen molar-refractivity contribution in [3.05, 3.63) is 0 Å². The van der Waals surface area contributed by atoms with Gasteiger partial charge in [-0.2, -0.15) is 0 Å². The average molecular weight is 370 g/mol. The summed E-state index contributed by atoms with van der Waals surface area (Å²) in [7, 11) is -5.10. The standard InChI is InChI=1S/C13H27NO5S2Si/c1-13(2,3)18-12(15)14-10(8-9-21(4,16)17)11(20)19-22(5,6)7/h10H,8-9H2,1-7H3,(H,14,15). The lowest BCUT2D eigenvalue weighted by Crippen LogP contribution is -2.46. The van der Waals surface area contributed by atoms with E-state index < -0.39 is 35.9 Å². The van der Waals surface area contributed by atoms with Crippen LogP contribution in [0.2, 0.25) is 19.6 Å². The lowest BCUT2D eigenvalue weighted by molar-refractivity contribution is 0.0514. The molecule has 0 spiro atoms. The summed E-state index contributed by atoms with van der Waals surface area (Å²) in [6, 6.07) is -0.675. The van der Waals surface area contributed by atoms with Crippen LogP contribution >= 0.6 is 12.2 Å². The molecule has 0 aliphatic heterocycles. The van der Waals surface area contributed by atoms with Gasteiger partial charge in [-0.15, -0.1) is 0 Å². The van der Waals surface area contributed by atoms with E-state index in [1.165, 1.54) is 0 Å². The van der Waals surface area contributed by atoms with Crippen molar-refractivity contribution in [1.29, 1.82) is 0 Å². The van der Waals surface area contributed by atoms with E-state index in [0.717, 1.165) is 6.26 Å². The molecule has 0 aromatic rings. The second kappa shape index (κ2) is 7.74. The molecule has 0 heterocycles. The molecule has 6 nitrogen and oxygen atoms in total. The molecule has 1 amide bonds. The topological polar surface area (TPSA) is 81.7 Å². The quantitative estimate of drug-likeness (QED) is 0.572. The number of carbonyl (C=O) groups is 1. The van der Waals surface area contributed by atoms with Crippen molar-refractivity contribution in [2.75, 3.05) is 12.0 Å². The smallest absolute Gasteiger partial charge is 0.408 e. The molecular weight excluding hydrogens is 342 g/mol. The van der Waals surface area contributed by atoms with Gasteiger partial charge in [0, 0.05) is 6.26 Å². The Morgan fingerprint density at radius 3 is 2.14 bits per heavy atom. The van der Waals surface area contributed by atoms with Crippen LogP contribution in [-0.4, -0.2) is 51.5 Å². The highest BCUT2D eigenvalue weighted by Gasteiger charge is 2.27. The van der Waals surface area contributed by atoms with Crippen LogP contribution in [-0.2, 0) is 19.0 Å². The Labute approximate surface area is 140 Å². The molecule has 22 heavy (non-hydrogen) atoms. The lowest BCUT2D eigenvalue weighted by Gasteiger charge is -2.27. The van der Waals surface area contributed by atoms with Gasteiger partial charge in [-0.1, -0.05) is 0 Å². The van der Waals surface area contributed by atoms with E-state index in [1.54, 1.807) is 20.8 Å². The number of hydrogen-bond acceptors (Lipinski definition) is 6. The predicted octanol–water partition coefficient (Wildman–Crippen LogP) is 2.49. The summed E-state index contributed by atoms with van der Waals surface area (Å²) in [4.78, 5) is 11.9. The first kappa shape index (κ1) is 21.3. The van der Waals surface area contributed by atoms with Gasteiger partial charge in [-0.25, -0.2) is 13.2 Å². The third-order valence-corrected chi connectivity index (χ3v) is 4.48. The number of amides is 1. The SMILES string of the molecule is CC(C)(C)OC(=O)NC(CCS(C)(=O)=O)C(=S)O[Si](C)(C)C. The Hall–Kier alpha value is -0.673. The highest BCUT2D eigenvalue weighted by Crippen LogP contribution is 2.11. The number of ether oxygens (including phenoxy) is 1. The zero-order valence-corrected chi connectivity index (χ0v) is 17.0. The van der Waals surface area contributed by atoms with E-state index in [0.29, 0.717) is 0 Å². The molecule has 0 aromatic carbocycles. The van der Waals surface area contributed by atoms with Crippen molar-refractivity contribution in [2.45, 2.75) is 58.5 Å². The van der Waals surface area contributed by atoms with Crippen LogP contribution in [0, 0.1) is 0 Å². The van der Waals surface area contributed by atoms with E-state index in [1.807, 2.05) is 19.6 Å². The van der Waals surface area contributed by atoms with Crippen molar-refractivity contribution < 1.29 is 22.4 Å². The van der Waals surface area contributed by atoms with Gasteiger partial charge in [-0.3, -0.25) is 0 Å². The number of thiocarbonyl (C=S) groups is 1. The molecule has 0 saturated heterocycles. The fourth-order valence-corrected chi connectivity index (χ4v) is 3.74. The Kier molecular flexibility index (Phi) is 7.50. The van der Waals surface area contributed by atoms with Gasteiger partial charge in [0.15, 0.2) is 5.05 Å². The van der Waals surface area contributed by atoms with Crippen molar-refractivity contribution in [2.24, 2.45) is 0 Å². The molecule has 1 unspecified atom stereocenters. The van der Waals surface area contributed by atoms with E-state index in [2.05, 4.69) is 5.32 Å². The van der Waals surface area contributed by atoms with Crippen LogP contribution in [0.4, 0.5) is 4.79 Å². The van der Waals surface area contributed by atoms with Crippen LogP contribution in [0.15, 0.2) is 0 Å². The molecule has 1 N–H and O–H groups in total. The first-order valence-corrected chi connectivity index (χ1v) is 12.9. The van der Waals surface area contributed by atoms with Gasteiger partial charge >= 0.3 is 6.09 Å². The molecule has 0 fully saturated rings. The number of carbonyl (C=O) groups excluding carboxylic acids is 1. The van der Waals surface area contributed by atoms with Crippen LogP contribution < -0.4 is 5.32 Å². The van der Waals surface area contributed by atoms with Crippen molar-refractivity contribution in [3.63, 3.8) is 0 Å². The summed E-state index contributed by atoms with van der Waals surface area (Å²) in [5.41, 5.74) is -0.646. The lowest BCUT2D eigenvalue weighted by atomic mass is 10.2. The highest BCUT2D eigenvalue weighted by atomic mass is 32.2. The van der Waals surface area contributed by atoms with Crippen LogP contribution in [0.3, 0.4) is 0 Å². The van der Waals surface area contributed by atoms with Gasteiger partial charge in [0.2, 0.25) is 8.32 Å². The van der Waals surface area contributed by atoms with E-state index in [-0.39, 0.29) is 17.2 Å². The summed E-state index contributed by atoms with van der Waals surface area (Å²) in [6.07, 6.45) is 0.647. The zero-order valence-electron chi connectivity index (χ0n) is 14.3. The summed E-state index contributed by atoms with van der Waals surface area (Å²) in [5, 5.41) is 2.80. The third-order valence-electron chi connectivity index (χ3n) is 2.16. The van der Waals surface area contributed by atoms with E-state index in [9.17, 15) is 13.2 Å². The molecule has 0 saturated carbocycles. The van der Waals surface area contributed by atoms with Crippen LogP contribution in [0.25, 0.3) is 0 Å². The number of alkyl carbamates (subject to hydrolysis) is 1. The fourth-order valence-electron chi connectivity index (χ4n) is 1.40. The summed E-state index contributed by atoms with van der Waals surface area (Å²) in [6.45, 7) is 11.1. The molecule has 9 heteroatoms. The Balaban J connectivity index is 4.93. The molecular formula is C13H27NO5S2Si. The fraction of sp³-hybridized carbons (Fsp3) is 0.846. The second-order valence-corrected chi connectivity index (χ2v) is 14.2. The Morgan fingerprint density at radius 2 is 1.77 bits per heavy atom. The summed E-state index contributed by atoms with van der Waals surface area (Å²) >= 11 is 5.22. The minimum absolute atomic E-state index is 0.0946. The average Bonchev–Trinajstić information content (AvgIpc) is 2.17. The van der Waals surface area contributed by atoms with E-state index in [4.69, 9.17) is 21.4 Å². The maximum Gasteiger partial charge on any atom is 0.408 e. The van der Waals surface area contributed by atoms with Crippen molar-refractivity contribution >= 4 is 41.5 Å². The Morgan fingerprint density at radius 1 is 1.27 bits per heavy atom. The molecule has 0 aliphatic rings. The first-order valence-electron chi connectivity index (χ1n) is 6.99. The van der Waals surface area contributed by atoms with Gasteiger partial charge in [0.05, 0.1) is 5.75 Å². The summed E-state index contributed by atoms with van der Waals surface area (Å²) < 4.78 is 33.6. The van der Waals surface area contributed by atoms with Crippen LogP contribution in [0.5, 0.6) is 0 Å². The van der Waals surface area contributed by atoms with Crippen LogP contribution in [0.1, 0.15) is 27.2 Å². The van der Waals surface area contributed by atoms with Gasteiger partial charge in [0.25, 0.3) is 0 Å². The molecule has 0 bridgehead atoms. The number of nitrogens with one attached hydrogen (secondary N) is 1. The van der Waals surface area contributed by atoms with Gasteiger partial charge < -0.3 is 14.5 Å². The second-order valence-electron chi connectivity index (χ2n) is 7.15. The molecule has 0 aliphatic carbocycles. The number of hydrogen-bond donors (Lipinski definition) is 1. The molecule has 0 radical (unpaired) electrons. The third kappa shape index (κ3) is 11.9. The molecule has 1 atom stereocenters.